The third-order valence-electron chi connectivity index (χ3n) is 3.39. The van der Waals surface area contributed by atoms with E-state index >= 15 is 0 Å². The van der Waals surface area contributed by atoms with Crippen LogP contribution in [0.15, 0.2) is 53.8 Å². The zero-order valence-electron chi connectivity index (χ0n) is 12.7. The van der Waals surface area contributed by atoms with Crippen LogP contribution in [0.5, 0.6) is 5.75 Å². The molecular weight excluding hydrogens is 304 g/mol. The van der Waals surface area contributed by atoms with Crippen molar-refractivity contribution >= 4 is 0 Å². The molecule has 6 nitrogen and oxygen atoms in total. The molecule has 0 atom stereocenters. The van der Waals surface area contributed by atoms with Gasteiger partial charge < -0.3 is 10.1 Å². The van der Waals surface area contributed by atoms with Crippen molar-refractivity contribution in [2.24, 2.45) is 0 Å². The summed E-state index contributed by atoms with van der Waals surface area (Å²) in [6, 6.07) is 9.49. The van der Waals surface area contributed by atoms with E-state index in [2.05, 4.69) is 31.8 Å². The molecule has 2 heterocycles. The monoisotopic (exact) mass is 318 g/mol. The first-order valence-electron chi connectivity index (χ1n) is 7.36. The molecule has 6 heteroatoms. The Morgan fingerprint density at radius 1 is 1.00 bits per heavy atom. The minimum atomic E-state index is -0.520. The van der Waals surface area contributed by atoms with Crippen LogP contribution in [0.2, 0.25) is 0 Å². The van der Waals surface area contributed by atoms with E-state index in [1.807, 2.05) is 24.3 Å². The van der Waals surface area contributed by atoms with Gasteiger partial charge in [0.05, 0.1) is 12.0 Å². The SMILES string of the molecule is O=c1[nH]cnc(CCc2ccc(C#Cc3ncccn3)cc2)c1O. The highest BCUT2D eigenvalue weighted by atomic mass is 16.3. The van der Waals surface area contributed by atoms with Gasteiger partial charge in [0.25, 0.3) is 5.56 Å². The number of rotatable bonds is 3. The average Bonchev–Trinajstić information content (AvgIpc) is 2.63. The molecule has 1 aromatic carbocycles. The number of hydrogen-bond acceptors (Lipinski definition) is 5. The lowest BCUT2D eigenvalue weighted by atomic mass is 10.1. The van der Waals surface area contributed by atoms with Crippen LogP contribution in [-0.2, 0) is 12.8 Å². The fourth-order valence-corrected chi connectivity index (χ4v) is 2.12. The van der Waals surface area contributed by atoms with E-state index in [0.29, 0.717) is 24.4 Å². The minimum absolute atomic E-state index is 0.317. The third-order valence-corrected chi connectivity index (χ3v) is 3.39. The number of aryl methyl sites for hydroxylation is 2. The Labute approximate surface area is 138 Å². The highest BCUT2D eigenvalue weighted by Gasteiger charge is 2.06. The van der Waals surface area contributed by atoms with Gasteiger partial charge in [0.1, 0.15) is 0 Å². The van der Waals surface area contributed by atoms with Gasteiger partial charge in [-0.3, -0.25) is 4.79 Å². The van der Waals surface area contributed by atoms with E-state index in [1.54, 1.807) is 18.5 Å². The quantitative estimate of drug-likeness (QED) is 0.713. The molecule has 0 unspecified atom stereocenters. The number of aromatic nitrogens is 4. The number of benzene rings is 1. The Balaban J connectivity index is 1.66. The van der Waals surface area contributed by atoms with Crippen LogP contribution in [0.3, 0.4) is 0 Å². The van der Waals surface area contributed by atoms with Crippen LogP contribution in [0.25, 0.3) is 0 Å². The van der Waals surface area contributed by atoms with E-state index in [9.17, 15) is 9.90 Å². The molecule has 24 heavy (non-hydrogen) atoms. The molecule has 3 rings (SSSR count). The fraction of sp³-hybridized carbons (Fsp3) is 0.111. The number of hydrogen-bond donors (Lipinski definition) is 2. The first-order chi connectivity index (χ1) is 11.7. The summed E-state index contributed by atoms with van der Waals surface area (Å²) in [5, 5.41) is 9.66. The second kappa shape index (κ2) is 7.20. The first kappa shape index (κ1) is 15.4. The van der Waals surface area contributed by atoms with Gasteiger partial charge in [-0.05, 0) is 42.5 Å². The van der Waals surface area contributed by atoms with E-state index < -0.39 is 5.56 Å². The van der Waals surface area contributed by atoms with Gasteiger partial charge in [0, 0.05) is 18.0 Å². The summed E-state index contributed by atoms with van der Waals surface area (Å²) in [5.74, 6) is 6.07. The second-order valence-electron chi connectivity index (χ2n) is 5.05. The Morgan fingerprint density at radius 2 is 1.75 bits per heavy atom. The largest absolute Gasteiger partial charge is 0.502 e. The lowest BCUT2D eigenvalue weighted by molar-refractivity contribution is 0.454. The van der Waals surface area contributed by atoms with Crippen LogP contribution in [-0.4, -0.2) is 25.0 Å². The predicted octanol–water partition coefficient (Wildman–Crippen LogP) is 1.45. The molecular formula is C18H14N4O2. The summed E-state index contributed by atoms with van der Waals surface area (Å²) in [5.41, 5.74) is 1.80. The van der Waals surface area contributed by atoms with Gasteiger partial charge in [-0.15, -0.1) is 0 Å². The van der Waals surface area contributed by atoms with Crippen LogP contribution < -0.4 is 5.56 Å². The van der Waals surface area contributed by atoms with Crippen molar-refractivity contribution in [3.8, 4) is 17.6 Å². The lowest BCUT2D eigenvalue weighted by Gasteiger charge is -2.03. The average molecular weight is 318 g/mol. The number of aromatic hydroxyl groups is 1. The van der Waals surface area contributed by atoms with Crippen molar-refractivity contribution in [1.82, 2.24) is 19.9 Å². The fourth-order valence-electron chi connectivity index (χ4n) is 2.12. The molecule has 0 aliphatic heterocycles. The molecule has 0 amide bonds. The molecule has 3 aromatic rings. The van der Waals surface area contributed by atoms with Gasteiger partial charge in [0.15, 0.2) is 0 Å². The number of aromatic amines is 1. The maximum Gasteiger partial charge on any atom is 0.293 e. The summed E-state index contributed by atoms with van der Waals surface area (Å²) in [6.45, 7) is 0. The van der Waals surface area contributed by atoms with Gasteiger partial charge >= 0.3 is 0 Å². The summed E-state index contributed by atoms with van der Waals surface area (Å²) in [4.78, 5) is 25.7. The normalized spacial score (nSPS) is 10.0. The van der Waals surface area contributed by atoms with Crippen LogP contribution in [0.4, 0.5) is 0 Å². The van der Waals surface area contributed by atoms with E-state index in [1.165, 1.54) is 6.33 Å². The maximum atomic E-state index is 11.3. The molecule has 0 saturated carbocycles. The van der Waals surface area contributed by atoms with Crippen molar-refractivity contribution < 1.29 is 5.11 Å². The van der Waals surface area contributed by atoms with Crippen molar-refractivity contribution in [2.45, 2.75) is 12.8 Å². The highest BCUT2D eigenvalue weighted by Crippen LogP contribution is 2.11. The van der Waals surface area contributed by atoms with Gasteiger partial charge in [-0.2, -0.15) is 0 Å². The third kappa shape index (κ3) is 3.84. The van der Waals surface area contributed by atoms with Gasteiger partial charge in [0.2, 0.25) is 11.6 Å². The summed E-state index contributed by atoms with van der Waals surface area (Å²) in [6.07, 6.45) is 5.75. The molecule has 0 spiro atoms. The highest BCUT2D eigenvalue weighted by molar-refractivity contribution is 5.39. The van der Waals surface area contributed by atoms with E-state index in [4.69, 9.17) is 0 Å². The summed E-state index contributed by atoms with van der Waals surface area (Å²) in [7, 11) is 0. The zero-order valence-corrected chi connectivity index (χ0v) is 12.7. The summed E-state index contributed by atoms with van der Waals surface area (Å²) < 4.78 is 0. The van der Waals surface area contributed by atoms with Crippen LogP contribution >= 0.6 is 0 Å². The molecule has 0 radical (unpaired) electrons. The molecule has 0 aliphatic carbocycles. The number of H-pyrrole nitrogens is 1. The minimum Gasteiger partial charge on any atom is -0.502 e. The van der Waals surface area contributed by atoms with Crippen molar-refractivity contribution in [3.05, 3.63) is 82.1 Å². The second-order valence-corrected chi connectivity index (χ2v) is 5.05. The zero-order chi connectivity index (χ0) is 16.8. The van der Waals surface area contributed by atoms with Gasteiger partial charge in [-0.1, -0.05) is 18.1 Å². The Bertz CT molecular complexity index is 938. The van der Waals surface area contributed by atoms with Crippen molar-refractivity contribution in [3.63, 3.8) is 0 Å². The molecule has 0 fully saturated rings. The van der Waals surface area contributed by atoms with Crippen molar-refractivity contribution in [1.29, 1.82) is 0 Å². The van der Waals surface area contributed by atoms with Crippen molar-refractivity contribution in [2.75, 3.05) is 0 Å². The Hall–Kier alpha value is -3.46. The molecule has 0 bridgehead atoms. The molecule has 2 N–H and O–H groups in total. The smallest absolute Gasteiger partial charge is 0.293 e. The molecule has 118 valence electrons. The Kier molecular flexibility index (Phi) is 4.63. The number of nitrogens with one attached hydrogen (secondary N) is 1. The predicted molar refractivity (Wildman–Crippen MR) is 88.4 cm³/mol. The van der Waals surface area contributed by atoms with E-state index in [-0.39, 0.29) is 5.75 Å². The molecule has 2 aromatic heterocycles. The topological polar surface area (TPSA) is 91.8 Å². The molecule has 0 aliphatic rings. The maximum absolute atomic E-state index is 11.3. The van der Waals surface area contributed by atoms with Gasteiger partial charge in [-0.25, -0.2) is 15.0 Å². The van der Waals surface area contributed by atoms with E-state index in [0.717, 1.165) is 11.1 Å². The summed E-state index contributed by atoms with van der Waals surface area (Å²) >= 11 is 0. The van der Waals surface area contributed by atoms with Crippen LogP contribution in [0, 0.1) is 11.8 Å². The standard InChI is InChI=1S/C18H14N4O2/c23-17-15(21-12-22-18(17)24)8-6-13-2-4-14(5-3-13)7-9-16-19-10-1-11-20-16/h1-5,10-12,23H,6,8H2,(H,21,22,24). The number of nitrogens with zero attached hydrogens (tertiary/aromatic N) is 3. The van der Waals surface area contributed by atoms with Crippen LogP contribution in [0.1, 0.15) is 22.6 Å². The lowest BCUT2D eigenvalue weighted by Crippen LogP contribution is -2.09. The molecule has 0 saturated heterocycles. The Morgan fingerprint density at radius 3 is 2.50 bits per heavy atom. The first-order valence-corrected chi connectivity index (χ1v) is 7.36.